The quantitative estimate of drug-likeness (QED) is 0.817. The van der Waals surface area contributed by atoms with E-state index in [9.17, 15) is 13.6 Å². The summed E-state index contributed by atoms with van der Waals surface area (Å²) in [7, 11) is 0. The molecule has 0 saturated heterocycles. The number of amides is 2. The molecule has 1 aromatic rings. The molecule has 2 N–H and O–H groups in total. The second-order valence-electron chi connectivity index (χ2n) is 3.38. The first-order valence-corrected chi connectivity index (χ1v) is 5.01. The van der Waals surface area contributed by atoms with Crippen LogP contribution in [0, 0.1) is 0 Å². The van der Waals surface area contributed by atoms with Gasteiger partial charge in [0.05, 0.1) is 6.54 Å². The topological polar surface area (TPSA) is 41.1 Å². The summed E-state index contributed by atoms with van der Waals surface area (Å²) in [6.45, 7) is 0.721. The maximum atomic E-state index is 12.8. The smallest absolute Gasteiger partial charge is 0.319 e. The van der Waals surface area contributed by atoms with Crippen molar-refractivity contribution in [3.63, 3.8) is 0 Å². The molecular weight excluding hydrogens is 214 g/mol. The van der Waals surface area contributed by atoms with Crippen molar-refractivity contribution in [3.8, 4) is 0 Å². The van der Waals surface area contributed by atoms with Gasteiger partial charge in [-0.1, -0.05) is 25.1 Å². The lowest BCUT2D eigenvalue weighted by atomic mass is 10.2. The maximum Gasteiger partial charge on any atom is 0.319 e. The Labute approximate surface area is 92.8 Å². The molecule has 3 nitrogen and oxygen atoms in total. The molecule has 0 aliphatic rings. The molecule has 1 rings (SSSR count). The van der Waals surface area contributed by atoms with Crippen LogP contribution in [0.5, 0.6) is 0 Å². The van der Waals surface area contributed by atoms with Crippen LogP contribution in [0.25, 0.3) is 0 Å². The van der Waals surface area contributed by atoms with Gasteiger partial charge < -0.3 is 10.6 Å². The standard InChI is InChI=1S/C11H14F2N2O/c1-2-11(12,13)8-14-10(16)15-9-6-4-3-5-7-9/h3-7H,2,8H2,1H3,(H2,14,15,16). The van der Waals surface area contributed by atoms with E-state index in [0.29, 0.717) is 5.69 Å². The molecule has 0 saturated carbocycles. The van der Waals surface area contributed by atoms with Gasteiger partial charge in [0.15, 0.2) is 0 Å². The second-order valence-corrected chi connectivity index (χ2v) is 3.38. The predicted molar refractivity (Wildman–Crippen MR) is 58.7 cm³/mol. The normalized spacial score (nSPS) is 10.9. The van der Waals surface area contributed by atoms with Gasteiger partial charge in [0.1, 0.15) is 0 Å². The molecule has 0 atom stereocenters. The van der Waals surface area contributed by atoms with E-state index in [1.807, 2.05) is 0 Å². The van der Waals surface area contributed by atoms with Crippen LogP contribution in [0.2, 0.25) is 0 Å². The fourth-order valence-corrected chi connectivity index (χ4v) is 1.03. The number of hydrogen-bond acceptors (Lipinski definition) is 1. The van der Waals surface area contributed by atoms with E-state index in [0.717, 1.165) is 0 Å². The van der Waals surface area contributed by atoms with Crippen LogP contribution in [0.3, 0.4) is 0 Å². The highest BCUT2D eigenvalue weighted by Gasteiger charge is 2.26. The molecule has 1 aromatic carbocycles. The van der Waals surface area contributed by atoms with Crippen molar-refractivity contribution in [1.29, 1.82) is 0 Å². The van der Waals surface area contributed by atoms with Gasteiger partial charge in [0.25, 0.3) is 5.92 Å². The summed E-state index contributed by atoms with van der Waals surface area (Å²) >= 11 is 0. The van der Waals surface area contributed by atoms with E-state index >= 15 is 0 Å². The van der Waals surface area contributed by atoms with Crippen molar-refractivity contribution >= 4 is 11.7 Å². The minimum atomic E-state index is -2.85. The summed E-state index contributed by atoms with van der Waals surface area (Å²) in [6, 6.07) is 8.02. The van der Waals surface area contributed by atoms with E-state index in [1.54, 1.807) is 30.3 Å². The Kier molecular flexibility index (Phi) is 4.22. The van der Waals surface area contributed by atoms with Crippen LogP contribution in [-0.4, -0.2) is 18.5 Å². The Balaban J connectivity index is 2.38. The molecule has 0 aromatic heterocycles. The van der Waals surface area contributed by atoms with Gasteiger partial charge in [-0.05, 0) is 12.1 Å². The van der Waals surface area contributed by atoms with Gasteiger partial charge >= 0.3 is 6.03 Å². The number of carbonyl (C=O) groups excluding carboxylic acids is 1. The fourth-order valence-electron chi connectivity index (χ4n) is 1.03. The Morgan fingerprint density at radius 3 is 2.50 bits per heavy atom. The zero-order valence-electron chi connectivity index (χ0n) is 8.97. The third-order valence-electron chi connectivity index (χ3n) is 2.06. The van der Waals surface area contributed by atoms with Gasteiger partial charge in [-0.2, -0.15) is 0 Å². The summed E-state index contributed by atoms with van der Waals surface area (Å²) in [4.78, 5) is 11.2. The average molecular weight is 228 g/mol. The lowest BCUT2D eigenvalue weighted by Gasteiger charge is -2.15. The van der Waals surface area contributed by atoms with Crippen molar-refractivity contribution in [2.45, 2.75) is 19.3 Å². The van der Waals surface area contributed by atoms with E-state index in [1.165, 1.54) is 6.92 Å². The number of hydrogen-bond donors (Lipinski definition) is 2. The van der Waals surface area contributed by atoms with Gasteiger partial charge in [0.2, 0.25) is 0 Å². The molecule has 0 aliphatic heterocycles. The molecule has 0 radical (unpaired) electrons. The molecule has 0 fully saturated rings. The number of halogens is 2. The van der Waals surface area contributed by atoms with Crippen molar-refractivity contribution in [2.24, 2.45) is 0 Å². The number of carbonyl (C=O) groups is 1. The van der Waals surface area contributed by atoms with Crippen LogP contribution in [-0.2, 0) is 0 Å². The highest BCUT2D eigenvalue weighted by atomic mass is 19.3. The fraction of sp³-hybridized carbons (Fsp3) is 0.364. The third kappa shape index (κ3) is 4.25. The molecule has 5 heteroatoms. The molecule has 88 valence electrons. The molecule has 0 spiro atoms. The summed E-state index contributed by atoms with van der Waals surface area (Å²) in [5.74, 6) is -2.85. The number of alkyl halides is 2. The van der Waals surface area contributed by atoms with E-state index < -0.39 is 18.5 Å². The number of rotatable bonds is 4. The Hall–Kier alpha value is -1.65. The maximum absolute atomic E-state index is 12.8. The largest absolute Gasteiger partial charge is 0.332 e. The van der Waals surface area contributed by atoms with Crippen molar-refractivity contribution in [2.75, 3.05) is 11.9 Å². The number of urea groups is 1. The average Bonchev–Trinajstić information content (AvgIpc) is 2.28. The molecule has 0 unspecified atom stereocenters. The Morgan fingerprint density at radius 1 is 1.31 bits per heavy atom. The first-order valence-electron chi connectivity index (χ1n) is 5.01. The minimum Gasteiger partial charge on any atom is -0.332 e. The Morgan fingerprint density at radius 2 is 1.94 bits per heavy atom. The van der Waals surface area contributed by atoms with Crippen LogP contribution in [0.1, 0.15) is 13.3 Å². The number of nitrogens with one attached hydrogen (secondary N) is 2. The SMILES string of the molecule is CCC(F)(F)CNC(=O)Nc1ccccc1. The predicted octanol–water partition coefficient (Wildman–Crippen LogP) is 2.85. The van der Waals surface area contributed by atoms with Crippen molar-refractivity contribution in [3.05, 3.63) is 30.3 Å². The summed E-state index contributed by atoms with van der Waals surface area (Å²) < 4.78 is 25.6. The zero-order chi connectivity index (χ0) is 12.0. The third-order valence-corrected chi connectivity index (χ3v) is 2.06. The first kappa shape index (κ1) is 12.4. The number of anilines is 1. The zero-order valence-corrected chi connectivity index (χ0v) is 8.97. The van der Waals surface area contributed by atoms with Gasteiger partial charge in [-0.15, -0.1) is 0 Å². The summed E-state index contributed by atoms with van der Waals surface area (Å²) in [6.07, 6.45) is -0.293. The minimum absolute atomic E-state index is 0.293. The highest BCUT2D eigenvalue weighted by molar-refractivity contribution is 5.89. The van der Waals surface area contributed by atoms with Crippen molar-refractivity contribution < 1.29 is 13.6 Å². The van der Waals surface area contributed by atoms with Crippen LogP contribution in [0.4, 0.5) is 19.3 Å². The number of para-hydroxylation sites is 1. The van der Waals surface area contributed by atoms with Crippen LogP contribution >= 0.6 is 0 Å². The highest BCUT2D eigenvalue weighted by Crippen LogP contribution is 2.15. The monoisotopic (exact) mass is 228 g/mol. The van der Waals surface area contributed by atoms with E-state index in [2.05, 4.69) is 10.6 Å². The van der Waals surface area contributed by atoms with E-state index in [4.69, 9.17) is 0 Å². The molecule has 0 heterocycles. The lowest BCUT2D eigenvalue weighted by Crippen LogP contribution is -2.38. The Bertz CT molecular complexity index is 341. The molecule has 0 bridgehead atoms. The molecule has 0 aliphatic carbocycles. The lowest BCUT2D eigenvalue weighted by molar-refractivity contribution is 0.00134. The number of benzene rings is 1. The first-order chi connectivity index (χ1) is 7.53. The summed E-state index contributed by atoms with van der Waals surface area (Å²) in [5.41, 5.74) is 0.569. The molecule has 16 heavy (non-hydrogen) atoms. The van der Waals surface area contributed by atoms with E-state index in [-0.39, 0.29) is 6.42 Å². The van der Waals surface area contributed by atoms with Crippen LogP contribution < -0.4 is 10.6 Å². The van der Waals surface area contributed by atoms with Crippen molar-refractivity contribution in [1.82, 2.24) is 5.32 Å². The van der Waals surface area contributed by atoms with Crippen LogP contribution in [0.15, 0.2) is 30.3 Å². The van der Waals surface area contributed by atoms with Gasteiger partial charge in [0, 0.05) is 12.1 Å². The summed E-state index contributed by atoms with van der Waals surface area (Å²) in [5, 5.41) is 4.58. The van der Waals surface area contributed by atoms with Gasteiger partial charge in [-0.3, -0.25) is 0 Å². The molecular formula is C11H14F2N2O. The second kappa shape index (κ2) is 5.44. The van der Waals surface area contributed by atoms with Gasteiger partial charge in [-0.25, -0.2) is 13.6 Å². The molecule has 2 amide bonds.